The molecule has 0 aromatic heterocycles. The molecule has 1 N–H and O–H groups in total. The van der Waals surface area contributed by atoms with Crippen LogP contribution in [-0.4, -0.2) is 42.3 Å². The summed E-state index contributed by atoms with van der Waals surface area (Å²) in [5, 5.41) is 3.27. The molecule has 1 fully saturated rings. The minimum Gasteiger partial charge on any atom is -0.337 e. The van der Waals surface area contributed by atoms with Crippen molar-refractivity contribution in [2.75, 3.05) is 19.6 Å². The summed E-state index contributed by atoms with van der Waals surface area (Å²) in [4.78, 5) is 26.4. The maximum absolute atomic E-state index is 12.3. The van der Waals surface area contributed by atoms with Crippen LogP contribution in [0.2, 0.25) is 0 Å². The molecule has 1 atom stereocenters. The average molecular weight is 316 g/mol. The van der Waals surface area contributed by atoms with Crippen LogP contribution in [0.4, 0.5) is 0 Å². The van der Waals surface area contributed by atoms with Gasteiger partial charge in [-0.15, -0.1) is 0 Å². The zero-order chi connectivity index (χ0) is 16.8. The van der Waals surface area contributed by atoms with Gasteiger partial charge in [-0.25, -0.2) is 0 Å². The predicted molar refractivity (Wildman–Crippen MR) is 92.6 cm³/mol. The maximum Gasteiger partial charge on any atom is 0.223 e. The van der Waals surface area contributed by atoms with Crippen molar-refractivity contribution in [2.45, 2.75) is 46.1 Å². The van der Waals surface area contributed by atoms with Crippen LogP contribution in [-0.2, 0) is 11.2 Å². The molecular weight excluding hydrogens is 288 g/mol. The van der Waals surface area contributed by atoms with E-state index in [9.17, 15) is 9.59 Å². The smallest absolute Gasteiger partial charge is 0.223 e. The molecule has 4 nitrogen and oxygen atoms in total. The molecule has 1 aromatic carbocycles. The van der Waals surface area contributed by atoms with Gasteiger partial charge in [-0.3, -0.25) is 9.59 Å². The van der Waals surface area contributed by atoms with E-state index in [0.29, 0.717) is 24.3 Å². The maximum atomic E-state index is 12.3. The Balaban J connectivity index is 1.85. The van der Waals surface area contributed by atoms with E-state index in [4.69, 9.17) is 0 Å². The summed E-state index contributed by atoms with van der Waals surface area (Å²) < 4.78 is 0. The number of amides is 1. The lowest BCUT2D eigenvalue weighted by Crippen LogP contribution is -2.52. The lowest BCUT2D eigenvalue weighted by Gasteiger charge is -2.34. The van der Waals surface area contributed by atoms with E-state index in [1.807, 2.05) is 36.1 Å². The van der Waals surface area contributed by atoms with E-state index in [1.54, 1.807) is 0 Å². The first-order valence-electron chi connectivity index (χ1n) is 8.59. The minimum atomic E-state index is 0.0530. The number of piperazine rings is 1. The van der Waals surface area contributed by atoms with Gasteiger partial charge in [0.05, 0.1) is 0 Å². The fraction of sp³-hybridized carbons (Fsp3) is 0.579. The highest BCUT2D eigenvalue weighted by atomic mass is 16.2. The molecule has 23 heavy (non-hydrogen) atoms. The van der Waals surface area contributed by atoms with Gasteiger partial charge >= 0.3 is 0 Å². The third kappa shape index (κ3) is 5.17. The Labute approximate surface area is 139 Å². The van der Waals surface area contributed by atoms with Crippen LogP contribution in [0.3, 0.4) is 0 Å². The molecule has 2 rings (SSSR count). The molecule has 0 bridgehead atoms. The zero-order valence-electron chi connectivity index (χ0n) is 14.5. The summed E-state index contributed by atoms with van der Waals surface area (Å²) in [6.45, 7) is 8.80. The highest BCUT2D eigenvalue weighted by Crippen LogP contribution is 2.13. The Bertz CT molecular complexity index is 537. The monoisotopic (exact) mass is 316 g/mol. The number of nitrogens with zero attached hydrogens (tertiary/aromatic N) is 1. The normalized spacial score (nSPS) is 18.3. The fourth-order valence-corrected chi connectivity index (χ4v) is 3.02. The second-order valence-corrected chi connectivity index (χ2v) is 6.86. The Morgan fingerprint density at radius 3 is 2.52 bits per heavy atom. The number of rotatable bonds is 6. The topological polar surface area (TPSA) is 49.4 Å². The van der Waals surface area contributed by atoms with Crippen LogP contribution in [0.25, 0.3) is 0 Å². The van der Waals surface area contributed by atoms with E-state index in [1.165, 1.54) is 5.56 Å². The molecule has 1 aromatic rings. The third-order valence-electron chi connectivity index (χ3n) is 4.31. The first-order chi connectivity index (χ1) is 11.0. The molecule has 0 spiro atoms. The number of hydrogen-bond acceptors (Lipinski definition) is 3. The van der Waals surface area contributed by atoms with Crippen molar-refractivity contribution in [3.05, 3.63) is 35.4 Å². The SMILES string of the molecule is CC(C)Cc1ccc(C(=O)CCC(=O)N2CCNC[C@@H]2C)cc1. The largest absolute Gasteiger partial charge is 0.337 e. The summed E-state index contributed by atoms with van der Waals surface area (Å²) in [7, 11) is 0. The highest BCUT2D eigenvalue weighted by molar-refractivity contribution is 5.98. The third-order valence-corrected chi connectivity index (χ3v) is 4.31. The molecule has 0 aliphatic carbocycles. The van der Waals surface area contributed by atoms with Gasteiger partial charge in [0, 0.05) is 44.1 Å². The number of ketones is 1. The van der Waals surface area contributed by atoms with Crippen LogP contribution in [0.1, 0.15) is 49.5 Å². The van der Waals surface area contributed by atoms with Crippen molar-refractivity contribution in [3.63, 3.8) is 0 Å². The van der Waals surface area contributed by atoms with Crippen LogP contribution >= 0.6 is 0 Å². The molecular formula is C19H28N2O2. The Kier molecular flexibility index (Phi) is 6.34. The average Bonchev–Trinajstić information content (AvgIpc) is 2.53. The molecule has 4 heteroatoms. The molecule has 0 unspecified atom stereocenters. The first kappa shape index (κ1) is 17.7. The van der Waals surface area contributed by atoms with E-state index in [2.05, 4.69) is 19.2 Å². The molecule has 1 amide bonds. The van der Waals surface area contributed by atoms with Crippen molar-refractivity contribution in [1.82, 2.24) is 10.2 Å². The standard InChI is InChI=1S/C19H28N2O2/c1-14(2)12-16-4-6-17(7-5-16)18(22)8-9-19(23)21-11-10-20-13-15(21)3/h4-7,14-15,20H,8-13H2,1-3H3/t15-/m0/s1. The number of carbonyl (C=O) groups excluding carboxylic acids is 2. The van der Waals surface area contributed by atoms with E-state index < -0.39 is 0 Å². The van der Waals surface area contributed by atoms with Crippen LogP contribution in [0, 0.1) is 5.92 Å². The van der Waals surface area contributed by atoms with Crippen LogP contribution in [0.5, 0.6) is 0 Å². The Morgan fingerprint density at radius 2 is 1.91 bits per heavy atom. The van der Waals surface area contributed by atoms with Gasteiger partial charge in [-0.05, 0) is 24.8 Å². The van der Waals surface area contributed by atoms with Crippen molar-refractivity contribution in [2.24, 2.45) is 5.92 Å². The van der Waals surface area contributed by atoms with Crippen molar-refractivity contribution < 1.29 is 9.59 Å². The number of carbonyl (C=O) groups is 2. The fourth-order valence-electron chi connectivity index (χ4n) is 3.02. The Morgan fingerprint density at radius 1 is 1.22 bits per heavy atom. The molecule has 1 aliphatic rings. The molecule has 126 valence electrons. The summed E-state index contributed by atoms with van der Waals surface area (Å²) in [5.74, 6) is 0.746. The van der Waals surface area contributed by atoms with Crippen molar-refractivity contribution in [3.8, 4) is 0 Å². The van der Waals surface area contributed by atoms with Gasteiger partial charge < -0.3 is 10.2 Å². The first-order valence-corrected chi connectivity index (χ1v) is 8.59. The number of benzene rings is 1. The van der Waals surface area contributed by atoms with Crippen molar-refractivity contribution in [1.29, 1.82) is 0 Å². The van der Waals surface area contributed by atoms with E-state index in [-0.39, 0.29) is 17.7 Å². The lowest BCUT2D eigenvalue weighted by molar-refractivity contribution is -0.133. The summed E-state index contributed by atoms with van der Waals surface area (Å²) >= 11 is 0. The number of hydrogen-bond donors (Lipinski definition) is 1. The van der Waals surface area contributed by atoms with Gasteiger partial charge in [0.15, 0.2) is 5.78 Å². The molecule has 1 aliphatic heterocycles. The van der Waals surface area contributed by atoms with E-state index >= 15 is 0 Å². The summed E-state index contributed by atoms with van der Waals surface area (Å²) in [6.07, 6.45) is 1.61. The Hall–Kier alpha value is -1.68. The quantitative estimate of drug-likeness (QED) is 0.821. The molecule has 0 radical (unpaired) electrons. The van der Waals surface area contributed by atoms with Crippen LogP contribution < -0.4 is 5.32 Å². The number of nitrogens with one attached hydrogen (secondary N) is 1. The summed E-state index contributed by atoms with van der Waals surface area (Å²) in [6, 6.07) is 8.03. The van der Waals surface area contributed by atoms with Gasteiger partial charge in [0.25, 0.3) is 0 Å². The predicted octanol–water partition coefficient (Wildman–Crippen LogP) is 2.67. The number of Topliss-reactive ketones (excluding diaryl/α,β-unsaturated/α-hetero) is 1. The minimum absolute atomic E-state index is 0.0530. The second-order valence-electron chi connectivity index (χ2n) is 6.86. The van der Waals surface area contributed by atoms with Gasteiger partial charge in [0.2, 0.25) is 5.91 Å². The second kappa shape index (κ2) is 8.25. The highest BCUT2D eigenvalue weighted by Gasteiger charge is 2.23. The summed E-state index contributed by atoms with van der Waals surface area (Å²) in [5.41, 5.74) is 1.96. The molecule has 1 saturated heterocycles. The van der Waals surface area contributed by atoms with E-state index in [0.717, 1.165) is 26.1 Å². The molecule has 1 heterocycles. The van der Waals surface area contributed by atoms with Crippen molar-refractivity contribution >= 4 is 11.7 Å². The lowest BCUT2D eigenvalue weighted by atomic mass is 9.99. The van der Waals surface area contributed by atoms with Gasteiger partial charge in [-0.1, -0.05) is 38.1 Å². The van der Waals surface area contributed by atoms with Gasteiger partial charge in [0.1, 0.15) is 0 Å². The molecule has 0 saturated carbocycles. The van der Waals surface area contributed by atoms with Gasteiger partial charge in [-0.2, -0.15) is 0 Å². The zero-order valence-corrected chi connectivity index (χ0v) is 14.5. The van der Waals surface area contributed by atoms with Crippen LogP contribution in [0.15, 0.2) is 24.3 Å².